The quantitative estimate of drug-likeness (QED) is 0.842. The van der Waals surface area contributed by atoms with Crippen LogP contribution < -0.4 is 0 Å². The molecule has 0 spiro atoms. The molecule has 0 unspecified atom stereocenters. The van der Waals surface area contributed by atoms with Gasteiger partial charge in [0.25, 0.3) is 0 Å². The Morgan fingerprint density at radius 1 is 1.29 bits per heavy atom. The summed E-state index contributed by atoms with van der Waals surface area (Å²) in [4.78, 5) is 17.3. The number of hydrogen-bond acceptors (Lipinski definition) is 3. The average molecular weight is 337 g/mol. The first-order valence-electron chi connectivity index (χ1n) is 7.57. The number of carbonyl (C=O) groups is 1. The van der Waals surface area contributed by atoms with E-state index in [9.17, 15) is 18.0 Å². The zero-order valence-corrected chi connectivity index (χ0v) is 12.5. The Kier molecular flexibility index (Phi) is 3.29. The average Bonchev–Trinajstić information content (AvgIpc) is 3.23. The molecule has 8 heteroatoms. The van der Waals surface area contributed by atoms with Crippen LogP contribution in [0, 0.1) is 0 Å². The lowest BCUT2D eigenvalue weighted by Gasteiger charge is -2.28. The molecule has 0 aliphatic carbocycles. The van der Waals surface area contributed by atoms with Crippen LogP contribution >= 0.6 is 0 Å². The summed E-state index contributed by atoms with van der Waals surface area (Å²) >= 11 is 0. The molecule has 126 valence electrons. The second-order valence-corrected chi connectivity index (χ2v) is 5.97. The van der Waals surface area contributed by atoms with Gasteiger partial charge in [0.1, 0.15) is 6.61 Å². The van der Waals surface area contributed by atoms with Crippen LogP contribution in [0.3, 0.4) is 0 Å². The fourth-order valence-corrected chi connectivity index (χ4v) is 3.50. The number of halogens is 3. The van der Waals surface area contributed by atoms with Gasteiger partial charge in [0.2, 0.25) is 5.82 Å². The number of amides is 1. The maximum atomic E-state index is 13.0. The number of rotatable bonds is 2. The fourth-order valence-electron chi connectivity index (χ4n) is 3.50. The van der Waals surface area contributed by atoms with Gasteiger partial charge in [-0.3, -0.25) is 4.90 Å². The summed E-state index contributed by atoms with van der Waals surface area (Å²) in [6.07, 6.45) is -3.31. The first-order valence-corrected chi connectivity index (χ1v) is 7.57. The highest BCUT2D eigenvalue weighted by molar-refractivity contribution is 5.69. The Balaban J connectivity index is 1.49. The number of likely N-dealkylation sites (tertiary alicyclic amines) is 1. The van der Waals surface area contributed by atoms with Crippen LogP contribution in [-0.4, -0.2) is 27.1 Å². The third-order valence-corrected chi connectivity index (χ3v) is 4.50. The molecule has 1 amide bonds. The van der Waals surface area contributed by atoms with Crippen LogP contribution in [0.4, 0.5) is 18.0 Å². The first kappa shape index (κ1) is 15.0. The predicted octanol–water partition coefficient (Wildman–Crippen LogP) is 3.54. The van der Waals surface area contributed by atoms with Gasteiger partial charge < -0.3 is 9.30 Å². The van der Waals surface area contributed by atoms with Gasteiger partial charge in [-0.05, 0) is 12.0 Å². The lowest BCUT2D eigenvalue weighted by atomic mass is 10.2. The highest BCUT2D eigenvalue weighted by Crippen LogP contribution is 2.48. The van der Waals surface area contributed by atoms with Crippen LogP contribution in [0.15, 0.2) is 36.5 Å². The monoisotopic (exact) mass is 337 g/mol. The standard InChI is InChI=1S/C16H14F3N3O2/c17-16(18,19)14-20-7-13-12-6-11(22(13)14)8-21(12)15(23)24-9-10-4-2-1-3-5-10/h1-5,7,11-12H,6,8-9H2/t11-,12-/m0/s1. The van der Waals surface area contributed by atoms with Crippen molar-refractivity contribution in [2.45, 2.75) is 31.3 Å². The zero-order valence-electron chi connectivity index (χ0n) is 12.5. The Labute approximate surface area is 135 Å². The molecule has 3 heterocycles. The maximum Gasteiger partial charge on any atom is 0.449 e. The van der Waals surface area contributed by atoms with Crippen molar-refractivity contribution in [3.05, 3.63) is 53.6 Å². The number of ether oxygens (including phenoxy) is 1. The summed E-state index contributed by atoms with van der Waals surface area (Å²) < 4.78 is 45.4. The van der Waals surface area contributed by atoms with Gasteiger partial charge >= 0.3 is 12.3 Å². The molecule has 5 nitrogen and oxygen atoms in total. The number of alkyl halides is 3. The largest absolute Gasteiger partial charge is 0.449 e. The molecular weight excluding hydrogens is 323 g/mol. The number of nitrogens with zero attached hydrogens (tertiary/aromatic N) is 3. The molecule has 2 atom stereocenters. The highest BCUT2D eigenvalue weighted by atomic mass is 19.4. The van der Waals surface area contributed by atoms with Gasteiger partial charge in [-0.25, -0.2) is 9.78 Å². The number of benzene rings is 1. The summed E-state index contributed by atoms with van der Waals surface area (Å²) in [5, 5.41) is 0. The third-order valence-electron chi connectivity index (χ3n) is 4.50. The maximum absolute atomic E-state index is 13.0. The summed E-state index contributed by atoms with van der Waals surface area (Å²) in [5.41, 5.74) is 1.29. The van der Waals surface area contributed by atoms with Gasteiger partial charge in [0, 0.05) is 6.54 Å². The molecule has 1 aromatic heterocycles. The molecule has 1 saturated heterocycles. The number of carbonyl (C=O) groups excluding carboxylic acids is 1. The van der Waals surface area contributed by atoms with Gasteiger partial charge in [0.05, 0.1) is 24.0 Å². The Bertz CT molecular complexity index is 773. The van der Waals surface area contributed by atoms with E-state index in [4.69, 9.17) is 4.74 Å². The van der Waals surface area contributed by atoms with E-state index in [0.717, 1.165) is 5.56 Å². The van der Waals surface area contributed by atoms with Crippen LogP contribution in [0.5, 0.6) is 0 Å². The molecule has 1 fully saturated rings. The fraction of sp³-hybridized carbons (Fsp3) is 0.375. The Hall–Kier alpha value is -2.51. The second-order valence-electron chi connectivity index (χ2n) is 5.97. The third kappa shape index (κ3) is 2.33. The first-order chi connectivity index (χ1) is 11.4. The number of aromatic nitrogens is 2. The molecule has 0 N–H and O–H groups in total. The van der Waals surface area contributed by atoms with Crippen molar-refractivity contribution >= 4 is 6.09 Å². The van der Waals surface area contributed by atoms with Crippen molar-refractivity contribution in [2.24, 2.45) is 0 Å². The topological polar surface area (TPSA) is 47.4 Å². The van der Waals surface area contributed by atoms with Gasteiger partial charge in [-0.2, -0.15) is 13.2 Å². The van der Waals surface area contributed by atoms with Crippen LogP contribution in [0.1, 0.15) is 35.6 Å². The Morgan fingerprint density at radius 2 is 2.04 bits per heavy atom. The molecule has 0 radical (unpaired) electrons. The molecule has 2 aliphatic heterocycles. The number of hydrogen-bond donors (Lipinski definition) is 0. The molecule has 1 aromatic carbocycles. The molecular formula is C16H14F3N3O2. The number of fused-ring (bicyclic) bond motifs is 5. The lowest BCUT2D eigenvalue weighted by Crippen LogP contribution is -2.36. The minimum absolute atomic E-state index is 0.140. The van der Waals surface area contributed by atoms with E-state index in [1.54, 1.807) is 0 Å². The minimum Gasteiger partial charge on any atom is -0.445 e. The predicted molar refractivity (Wildman–Crippen MR) is 77.0 cm³/mol. The normalized spacial score (nSPS) is 21.9. The molecule has 2 bridgehead atoms. The molecule has 2 aromatic rings. The van der Waals surface area contributed by atoms with E-state index >= 15 is 0 Å². The van der Waals surface area contributed by atoms with E-state index in [-0.39, 0.29) is 13.2 Å². The van der Waals surface area contributed by atoms with Crippen LogP contribution in [0.2, 0.25) is 0 Å². The van der Waals surface area contributed by atoms with Crippen molar-refractivity contribution in [1.29, 1.82) is 0 Å². The highest BCUT2D eigenvalue weighted by Gasteiger charge is 2.50. The minimum atomic E-state index is -4.48. The van der Waals surface area contributed by atoms with E-state index in [1.807, 2.05) is 30.3 Å². The lowest BCUT2D eigenvalue weighted by molar-refractivity contribution is -0.147. The molecule has 4 rings (SSSR count). The van der Waals surface area contributed by atoms with Crippen molar-refractivity contribution in [3.63, 3.8) is 0 Å². The van der Waals surface area contributed by atoms with E-state index in [2.05, 4.69) is 4.98 Å². The summed E-state index contributed by atoms with van der Waals surface area (Å²) in [5.74, 6) is -0.887. The molecule has 2 aliphatic rings. The van der Waals surface area contributed by atoms with E-state index < -0.39 is 30.2 Å². The molecule has 0 saturated carbocycles. The van der Waals surface area contributed by atoms with Gasteiger partial charge in [-0.15, -0.1) is 0 Å². The summed E-state index contributed by atoms with van der Waals surface area (Å²) in [6, 6.07) is 8.44. The smallest absolute Gasteiger partial charge is 0.445 e. The van der Waals surface area contributed by atoms with Crippen molar-refractivity contribution in [1.82, 2.24) is 14.5 Å². The summed E-state index contributed by atoms with van der Waals surface area (Å²) in [7, 11) is 0. The summed E-state index contributed by atoms with van der Waals surface area (Å²) in [6.45, 7) is 0.353. The van der Waals surface area contributed by atoms with Gasteiger partial charge in [-0.1, -0.05) is 30.3 Å². The van der Waals surface area contributed by atoms with Crippen molar-refractivity contribution < 1.29 is 22.7 Å². The van der Waals surface area contributed by atoms with Crippen molar-refractivity contribution in [2.75, 3.05) is 6.54 Å². The van der Waals surface area contributed by atoms with E-state index in [1.165, 1.54) is 15.7 Å². The van der Waals surface area contributed by atoms with Gasteiger partial charge in [0.15, 0.2) is 0 Å². The zero-order chi connectivity index (χ0) is 16.9. The van der Waals surface area contributed by atoms with Crippen molar-refractivity contribution in [3.8, 4) is 0 Å². The number of imidazole rings is 1. The van der Waals surface area contributed by atoms with Crippen LogP contribution in [0.25, 0.3) is 0 Å². The van der Waals surface area contributed by atoms with E-state index in [0.29, 0.717) is 12.1 Å². The second kappa shape index (κ2) is 5.25. The molecule has 24 heavy (non-hydrogen) atoms. The SMILES string of the molecule is O=C(OCc1ccccc1)N1C[C@@H]2C[C@H]1c1cnc(C(F)(F)F)n12. The van der Waals surface area contributed by atoms with Crippen LogP contribution in [-0.2, 0) is 17.5 Å². The Morgan fingerprint density at radius 3 is 2.75 bits per heavy atom.